The van der Waals surface area contributed by atoms with Crippen LogP contribution < -0.4 is 5.32 Å². The summed E-state index contributed by atoms with van der Waals surface area (Å²) in [4.78, 5) is 15.3. The van der Waals surface area contributed by atoms with Crippen molar-refractivity contribution in [1.82, 2.24) is 15.4 Å². The third kappa shape index (κ3) is 3.05. The number of hydrogen-bond acceptors (Lipinski definition) is 5. The second kappa shape index (κ2) is 6.21. The summed E-state index contributed by atoms with van der Waals surface area (Å²) < 4.78 is 42.8. The highest BCUT2D eigenvalue weighted by Gasteiger charge is 2.39. The molecule has 1 amide bonds. The minimum atomic E-state index is -4.58. The molecule has 130 valence electrons. The lowest BCUT2D eigenvalue weighted by Crippen LogP contribution is -2.52. The Morgan fingerprint density at radius 2 is 2.21 bits per heavy atom. The standard InChI is InChI=1S/C15H16F3N3O2S/c1-8-7-19-5-6-21(8)14(22)11-4-3-10(24-11)12-9(2)13(23-20-12)15(16,17)18/h3-4,8,19H,5-7H2,1-2H3. The summed E-state index contributed by atoms with van der Waals surface area (Å²) in [6, 6.07) is 3.30. The fraction of sp³-hybridized carbons (Fsp3) is 0.467. The summed E-state index contributed by atoms with van der Waals surface area (Å²) in [5, 5.41) is 6.74. The molecule has 0 aliphatic carbocycles. The minimum absolute atomic E-state index is 0.0705. The molecule has 2 aromatic heterocycles. The van der Waals surface area contributed by atoms with E-state index in [1.807, 2.05) is 6.92 Å². The van der Waals surface area contributed by atoms with Crippen LogP contribution in [0.1, 0.15) is 27.9 Å². The number of carbonyl (C=O) groups is 1. The van der Waals surface area contributed by atoms with Gasteiger partial charge in [0.15, 0.2) is 0 Å². The fourth-order valence-corrected chi connectivity index (χ4v) is 3.69. The normalized spacial score (nSPS) is 18.9. The Morgan fingerprint density at radius 1 is 1.46 bits per heavy atom. The van der Waals surface area contributed by atoms with Crippen molar-refractivity contribution in [2.75, 3.05) is 19.6 Å². The molecule has 0 spiro atoms. The van der Waals surface area contributed by atoms with Gasteiger partial charge in [-0.25, -0.2) is 0 Å². The number of nitrogens with one attached hydrogen (secondary N) is 1. The van der Waals surface area contributed by atoms with E-state index in [2.05, 4.69) is 15.0 Å². The fourth-order valence-electron chi connectivity index (χ4n) is 2.69. The maximum absolute atomic E-state index is 12.8. The summed E-state index contributed by atoms with van der Waals surface area (Å²) in [5.74, 6) is -1.22. The van der Waals surface area contributed by atoms with Crippen LogP contribution in [0.15, 0.2) is 16.7 Å². The first-order valence-electron chi connectivity index (χ1n) is 7.44. The number of rotatable bonds is 2. The number of aromatic nitrogens is 1. The molecule has 24 heavy (non-hydrogen) atoms. The monoisotopic (exact) mass is 359 g/mol. The van der Waals surface area contributed by atoms with E-state index in [1.54, 1.807) is 17.0 Å². The molecular formula is C15H16F3N3O2S. The summed E-state index contributed by atoms with van der Waals surface area (Å²) >= 11 is 1.13. The van der Waals surface area contributed by atoms with Gasteiger partial charge in [-0.2, -0.15) is 13.2 Å². The van der Waals surface area contributed by atoms with Crippen molar-refractivity contribution < 1.29 is 22.5 Å². The highest BCUT2D eigenvalue weighted by Crippen LogP contribution is 2.38. The quantitative estimate of drug-likeness (QED) is 0.895. The number of alkyl halides is 3. The first-order valence-corrected chi connectivity index (χ1v) is 8.26. The smallest absolute Gasteiger partial charge is 0.351 e. The predicted molar refractivity (Wildman–Crippen MR) is 82.9 cm³/mol. The van der Waals surface area contributed by atoms with Crippen LogP contribution in [0, 0.1) is 6.92 Å². The molecule has 3 rings (SSSR count). The number of carbonyl (C=O) groups excluding carboxylic acids is 1. The molecule has 1 saturated heterocycles. The minimum Gasteiger partial charge on any atom is -0.351 e. The van der Waals surface area contributed by atoms with Gasteiger partial charge in [-0.3, -0.25) is 4.79 Å². The highest BCUT2D eigenvalue weighted by molar-refractivity contribution is 7.17. The van der Waals surface area contributed by atoms with E-state index in [9.17, 15) is 18.0 Å². The van der Waals surface area contributed by atoms with Crippen molar-refractivity contribution in [3.05, 3.63) is 28.3 Å². The lowest BCUT2D eigenvalue weighted by molar-refractivity contribution is -0.156. The lowest BCUT2D eigenvalue weighted by atomic mass is 10.2. The number of amides is 1. The van der Waals surface area contributed by atoms with E-state index < -0.39 is 11.9 Å². The average Bonchev–Trinajstić information content (AvgIpc) is 3.12. The zero-order valence-electron chi connectivity index (χ0n) is 13.1. The van der Waals surface area contributed by atoms with Gasteiger partial charge in [-0.05, 0) is 26.0 Å². The molecule has 2 aromatic rings. The lowest BCUT2D eigenvalue weighted by Gasteiger charge is -2.33. The van der Waals surface area contributed by atoms with Gasteiger partial charge in [0.25, 0.3) is 5.91 Å². The Bertz CT molecular complexity index is 753. The highest BCUT2D eigenvalue weighted by atomic mass is 32.1. The molecule has 1 atom stereocenters. The van der Waals surface area contributed by atoms with Crippen LogP contribution in [-0.2, 0) is 6.18 Å². The van der Waals surface area contributed by atoms with Gasteiger partial charge in [0.2, 0.25) is 5.76 Å². The third-order valence-electron chi connectivity index (χ3n) is 3.99. The Morgan fingerprint density at radius 3 is 2.83 bits per heavy atom. The Kier molecular flexibility index (Phi) is 4.39. The van der Waals surface area contributed by atoms with Gasteiger partial charge in [-0.15, -0.1) is 11.3 Å². The van der Waals surface area contributed by atoms with Crippen LogP contribution in [0.5, 0.6) is 0 Å². The molecular weight excluding hydrogens is 343 g/mol. The number of nitrogens with zero attached hydrogens (tertiary/aromatic N) is 2. The molecule has 0 radical (unpaired) electrons. The summed E-state index contributed by atoms with van der Waals surface area (Å²) in [6.07, 6.45) is -4.58. The first kappa shape index (κ1) is 17.0. The van der Waals surface area contributed by atoms with Gasteiger partial charge in [0, 0.05) is 31.2 Å². The summed E-state index contributed by atoms with van der Waals surface area (Å²) in [5.41, 5.74) is 0.0543. The molecule has 0 saturated carbocycles. The van der Waals surface area contributed by atoms with E-state index in [0.29, 0.717) is 16.3 Å². The Hall–Kier alpha value is -1.87. The SMILES string of the molecule is Cc1c(-c2ccc(C(=O)N3CCNCC3C)s2)noc1C(F)(F)F. The zero-order chi connectivity index (χ0) is 17.5. The molecule has 1 aliphatic rings. The van der Waals surface area contributed by atoms with Crippen molar-refractivity contribution in [2.24, 2.45) is 0 Å². The number of halogens is 3. The van der Waals surface area contributed by atoms with Crippen LogP contribution in [0.4, 0.5) is 13.2 Å². The number of piperazine rings is 1. The van der Waals surface area contributed by atoms with Crippen LogP contribution >= 0.6 is 11.3 Å². The molecule has 5 nitrogen and oxygen atoms in total. The van der Waals surface area contributed by atoms with Gasteiger partial charge in [0.1, 0.15) is 5.69 Å². The number of thiophene rings is 1. The molecule has 9 heteroatoms. The van der Waals surface area contributed by atoms with E-state index in [1.165, 1.54) is 6.92 Å². The maximum Gasteiger partial charge on any atom is 0.452 e. The van der Waals surface area contributed by atoms with E-state index in [0.717, 1.165) is 24.4 Å². The van der Waals surface area contributed by atoms with Gasteiger partial charge in [0.05, 0.1) is 9.75 Å². The van der Waals surface area contributed by atoms with E-state index >= 15 is 0 Å². The first-order chi connectivity index (χ1) is 11.3. The van der Waals surface area contributed by atoms with Crippen molar-refractivity contribution in [1.29, 1.82) is 0 Å². The van der Waals surface area contributed by atoms with Gasteiger partial charge < -0.3 is 14.7 Å². The van der Waals surface area contributed by atoms with Crippen molar-refractivity contribution in [3.8, 4) is 10.6 Å². The van der Waals surface area contributed by atoms with Crippen molar-refractivity contribution in [3.63, 3.8) is 0 Å². The summed E-state index contributed by atoms with van der Waals surface area (Å²) in [6.45, 7) is 5.33. The van der Waals surface area contributed by atoms with Crippen molar-refractivity contribution >= 4 is 17.2 Å². The van der Waals surface area contributed by atoms with Crippen LogP contribution in [0.3, 0.4) is 0 Å². The molecule has 0 bridgehead atoms. The molecule has 0 aromatic carbocycles. The molecule has 1 aliphatic heterocycles. The summed E-state index contributed by atoms with van der Waals surface area (Å²) in [7, 11) is 0. The predicted octanol–water partition coefficient (Wildman–Crippen LogP) is 3.16. The maximum atomic E-state index is 12.8. The van der Waals surface area contributed by atoms with Crippen LogP contribution in [0.25, 0.3) is 10.6 Å². The zero-order valence-corrected chi connectivity index (χ0v) is 13.9. The molecule has 1 fully saturated rings. The van der Waals surface area contributed by atoms with E-state index in [4.69, 9.17) is 0 Å². The average molecular weight is 359 g/mol. The Labute approximate surface area is 140 Å². The van der Waals surface area contributed by atoms with Crippen LogP contribution in [0.2, 0.25) is 0 Å². The topological polar surface area (TPSA) is 58.4 Å². The second-order valence-electron chi connectivity index (χ2n) is 5.70. The molecule has 3 heterocycles. The largest absolute Gasteiger partial charge is 0.452 e. The number of hydrogen-bond donors (Lipinski definition) is 1. The van der Waals surface area contributed by atoms with E-state index in [-0.39, 0.29) is 23.2 Å². The molecule has 1 N–H and O–H groups in total. The third-order valence-corrected chi connectivity index (χ3v) is 5.07. The molecule has 1 unspecified atom stereocenters. The van der Waals surface area contributed by atoms with Crippen molar-refractivity contribution in [2.45, 2.75) is 26.1 Å². The Balaban J connectivity index is 1.86. The second-order valence-corrected chi connectivity index (χ2v) is 6.78. The van der Waals surface area contributed by atoms with Gasteiger partial charge >= 0.3 is 6.18 Å². The van der Waals surface area contributed by atoms with Gasteiger partial charge in [-0.1, -0.05) is 5.16 Å². The van der Waals surface area contributed by atoms with Crippen LogP contribution in [-0.4, -0.2) is 41.6 Å².